The monoisotopic (exact) mass is 397 g/mol. The van der Waals surface area contributed by atoms with Crippen LogP contribution in [0.3, 0.4) is 0 Å². The van der Waals surface area contributed by atoms with E-state index in [0.717, 1.165) is 54.1 Å². The molecule has 4 rings (SSSR count). The van der Waals surface area contributed by atoms with E-state index in [1.165, 1.54) is 0 Å². The molecule has 0 saturated carbocycles. The van der Waals surface area contributed by atoms with Crippen molar-refractivity contribution in [3.8, 4) is 5.75 Å². The summed E-state index contributed by atoms with van der Waals surface area (Å²) in [5.41, 5.74) is 2.78. The first-order valence-electron chi connectivity index (χ1n) is 9.68. The molecule has 1 saturated heterocycles. The van der Waals surface area contributed by atoms with Gasteiger partial charge in [-0.1, -0.05) is 23.7 Å². The standard InChI is InChI=1S/C22H24ClN3O2/c1-15-13-17(9-10-18(15)23)28-16(2)22-24-19-7-3-4-8-20(19)26(22)14-21(27)25-11-5-6-12-25/h3-4,7-10,13,16H,5-6,11-12,14H2,1-2H3. The molecule has 1 fully saturated rings. The predicted octanol–water partition coefficient (Wildman–Crippen LogP) is 4.76. The van der Waals surface area contributed by atoms with Crippen LogP contribution in [0.1, 0.15) is 37.3 Å². The maximum atomic E-state index is 12.8. The number of rotatable bonds is 5. The Hall–Kier alpha value is -2.53. The van der Waals surface area contributed by atoms with E-state index >= 15 is 0 Å². The maximum absolute atomic E-state index is 12.8. The predicted molar refractivity (Wildman–Crippen MR) is 111 cm³/mol. The average molecular weight is 398 g/mol. The van der Waals surface area contributed by atoms with E-state index in [0.29, 0.717) is 5.02 Å². The van der Waals surface area contributed by atoms with E-state index in [9.17, 15) is 4.79 Å². The minimum atomic E-state index is -0.306. The fourth-order valence-corrected chi connectivity index (χ4v) is 3.84. The van der Waals surface area contributed by atoms with Crippen LogP contribution in [0.2, 0.25) is 5.02 Å². The van der Waals surface area contributed by atoms with Gasteiger partial charge in [-0.3, -0.25) is 4.79 Å². The van der Waals surface area contributed by atoms with Gasteiger partial charge in [-0.15, -0.1) is 0 Å². The number of imidazole rings is 1. The van der Waals surface area contributed by atoms with Crippen molar-refractivity contribution >= 4 is 28.5 Å². The zero-order chi connectivity index (χ0) is 19.7. The number of fused-ring (bicyclic) bond motifs is 1. The summed E-state index contributed by atoms with van der Waals surface area (Å²) in [6.07, 6.45) is 1.86. The van der Waals surface area contributed by atoms with E-state index in [1.54, 1.807) is 0 Å². The normalized spacial score (nSPS) is 15.2. The van der Waals surface area contributed by atoms with E-state index in [1.807, 2.05) is 65.8 Å². The molecular weight excluding hydrogens is 374 g/mol. The molecule has 3 aromatic rings. The van der Waals surface area contributed by atoms with Gasteiger partial charge in [0.1, 0.15) is 12.3 Å². The summed E-state index contributed by atoms with van der Waals surface area (Å²) in [5.74, 6) is 1.62. The molecule has 28 heavy (non-hydrogen) atoms. The second-order valence-electron chi connectivity index (χ2n) is 7.30. The summed E-state index contributed by atoms with van der Waals surface area (Å²) in [4.78, 5) is 19.5. The number of aryl methyl sites for hydroxylation is 1. The van der Waals surface area contributed by atoms with Crippen LogP contribution in [0, 0.1) is 6.92 Å². The second kappa shape index (κ2) is 7.84. The highest BCUT2D eigenvalue weighted by atomic mass is 35.5. The SMILES string of the molecule is Cc1cc(OC(C)c2nc3ccccc3n2CC(=O)N2CCCC2)ccc1Cl. The van der Waals surface area contributed by atoms with Crippen molar-refractivity contribution in [2.45, 2.75) is 39.3 Å². The quantitative estimate of drug-likeness (QED) is 0.623. The molecule has 1 unspecified atom stereocenters. The molecule has 1 atom stereocenters. The van der Waals surface area contributed by atoms with E-state index in [2.05, 4.69) is 0 Å². The number of ether oxygens (including phenoxy) is 1. The lowest BCUT2D eigenvalue weighted by Crippen LogP contribution is -2.31. The van der Waals surface area contributed by atoms with Crippen molar-refractivity contribution in [2.75, 3.05) is 13.1 Å². The van der Waals surface area contributed by atoms with Crippen LogP contribution >= 0.6 is 11.6 Å². The summed E-state index contributed by atoms with van der Waals surface area (Å²) in [5, 5.41) is 0.712. The van der Waals surface area contributed by atoms with Crippen LogP contribution in [0.4, 0.5) is 0 Å². The van der Waals surface area contributed by atoms with Gasteiger partial charge in [0.05, 0.1) is 11.0 Å². The summed E-state index contributed by atoms with van der Waals surface area (Å²) < 4.78 is 8.14. The highest BCUT2D eigenvalue weighted by molar-refractivity contribution is 6.31. The van der Waals surface area contributed by atoms with Crippen molar-refractivity contribution < 1.29 is 9.53 Å². The Labute approximate surface area is 169 Å². The molecule has 1 amide bonds. The summed E-state index contributed by atoms with van der Waals surface area (Å²) >= 11 is 6.12. The van der Waals surface area contributed by atoms with Gasteiger partial charge >= 0.3 is 0 Å². The van der Waals surface area contributed by atoms with Gasteiger partial charge in [0.15, 0.2) is 11.9 Å². The van der Waals surface area contributed by atoms with Gasteiger partial charge in [0, 0.05) is 18.1 Å². The lowest BCUT2D eigenvalue weighted by Gasteiger charge is -2.20. The molecular formula is C22H24ClN3O2. The molecule has 0 spiro atoms. The number of benzene rings is 2. The number of hydrogen-bond donors (Lipinski definition) is 0. The minimum Gasteiger partial charge on any atom is -0.483 e. The number of carbonyl (C=O) groups excluding carboxylic acids is 1. The molecule has 2 heterocycles. The Bertz CT molecular complexity index is 1010. The number of nitrogens with zero attached hydrogens (tertiary/aromatic N) is 3. The molecule has 0 radical (unpaired) electrons. The Balaban J connectivity index is 1.65. The first-order chi connectivity index (χ1) is 13.5. The number of amides is 1. The molecule has 0 aliphatic carbocycles. The summed E-state index contributed by atoms with van der Waals surface area (Å²) in [6, 6.07) is 13.5. The van der Waals surface area contributed by atoms with Gasteiger partial charge < -0.3 is 14.2 Å². The third-order valence-corrected chi connectivity index (χ3v) is 5.67. The molecule has 2 aromatic carbocycles. The lowest BCUT2D eigenvalue weighted by molar-refractivity contribution is -0.130. The first-order valence-corrected chi connectivity index (χ1v) is 10.1. The zero-order valence-electron chi connectivity index (χ0n) is 16.2. The number of hydrogen-bond acceptors (Lipinski definition) is 3. The van der Waals surface area contributed by atoms with Gasteiger partial charge in [-0.05, 0) is 62.6 Å². The molecule has 5 nitrogen and oxygen atoms in total. The molecule has 1 aromatic heterocycles. The lowest BCUT2D eigenvalue weighted by atomic mass is 10.2. The van der Waals surface area contributed by atoms with Gasteiger partial charge in [-0.25, -0.2) is 4.98 Å². The van der Waals surface area contributed by atoms with Crippen molar-refractivity contribution in [1.82, 2.24) is 14.5 Å². The smallest absolute Gasteiger partial charge is 0.242 e. The van der Waals surface area contributed by atoms with Crippen LogP contribution in [0.5, 0.6) is 5.75 Å². The summed E-state index contributed by atoms with van der Waals surface area (Å²) in [7, 11) is 0. The van der Waals surface area contributed by atoms with Crippen LogP contribution < -0.4 is 4.74 Å². The van der Waals surface area contributed by atoms with Crippen LogP contribution in [0.25, 0.3) is 11.0 Å². The van der Waals surface area contributed by atoms with Crippen molar-refractivity contribution in [3.05, 3.63) is 58.9 Å². The van der Waals surface area contributed by atoms with Crippen molar-refractivity contribution in [2.24, 2.45) is 0 Å². The maximum Gasteiger partial charge on any atom is 0.242 e. The number of para-hydroxylation sites is 2. The average Bonchev–Trinajstić information content (AvgIpc) is 3.33. The Kier molecular flexibility index (Phi) is 5.27. The Morgan fingerprint density at radius 1 is 1.21 bits per heavy atom. The van der Waals surface area contributed by atoms with Gasteiger partial charge in [-0.2, -0.15) is 0 Å². The fraction of sp³-hybridized carbons (Fsp3) is 0.364. The number of halogens is 1. The largest absolute Gasteiger partial charge is 0.483 e. The molecule has 1 aliphatic heterocycles. The van der Waals surface area contributed by atoms with E-state index in [4.69, 9.17) is 21.3 Å². The van der Waals surface area contributed by atoms with Gasteiger partial charge in [0.2, 0.25) is 5.91 Å². The zero-order valence-corrected chi connectivity index (χ0v) is 16.9. The number of carbonyl (C=O) groups is 1. The van der Waals surface area contributed by atoms with Crippen molar-refractivity contribution in [3.63, 3.8) is 0 Å². The highest BCUT2D eigenvalue weighted by Crippen LogP contribution is 2.28. The van der Waals surface area contributed by atoms with Crippen LogP contribution in [-0.2, 0) is 11.3 Å². The Morgan fingerprint density at radius 3 is 2.71 bits per heavy atom. The highest BCUT2D eigenvalue weighted by Gasteiger charge is 2.23. The third kappa shape index (κ3) is 3.72. The second-order valence-corrected chi connectivity index (χ2v) is 7.71. The molecule has 0 N–H and O–H groups in total. The topological polar surface area (TPSA) is 47.4 Å². The fourth-order valence-electron chi connectivity index (χ4n) is 3.72. The molecule has 146 valence electrons. The minimum absolute atomic E-state index is 0.136. The van der Waals surface area contributed by atoms with E-state index in [-0.39, 0.29) is 18.6 Å². The molecule has 1 aliphatic rings. The molecule has 6 heteroatoms. The molecule has 0 bridgehead atoms. The van der Waals surface area contributed by atoms with Gasteiger partial charge in [0.25, 0.3) is 0 Å². The van der Waals surface area contributed by atoms with E-state index < -0.39 is 0 Å². The van der Waals surface area contributed by atoms with Crippen LogP contribution in [0.15, 0.2) is 42.5 Å². The van der Waals surface area contributed by atoms with Crippen molar-refractivity contribution in [1.29, 1.82) is 0 Å². The Morgan fingerprint density at radius 2 is 1.96 bits per heavy atom. The summed E-state index contributed by atoms with van der Waals surface area (Å²) in [6.45, 7) is 5.88. The first kappa shape index (κ1) is 18.8. The van der Waals surface area contributed by atoms with Crippen LogP contribution in [-0.4, -0.2) is 33.4 Å². The number of aromatic nitrogens is 2. The number of likely N-dealkylation sites (tertiary alicyclic amines) is 1. The third-order valence-electron chi connectivity index (χ3n) is 5.24.